The molecule has 1 unspecified atom stereocenters. The molecule has 2 heterocycles. The Bertz CT molecular complexity index is 659. The molecule has 0 saturated carbocycles. The van der Waals surface area contributed by atoms with Crippen LogP contribution in [0.5, 0.6) is 0 Å². The van der Waals surface area contributed by atoms with Gasteiger partial charge < -0.3 is 10.6 Å². The molecule has 1 aliphatic heterocycles. The Hall–Kier alpha value is -1.46. The van der Waals surface area contributed by atoms with Gasteiger partial charge in [0.15, 0.2) is 5.13 Å². The maximum atomic E-state index is 12.7. The number of fused-ring (bicyclic) bond motifs is 1. The summed E-state index contributed by atoms with van der Waals surface area (Å²) in [7, 11) is 0. The Kier molecular flexibility index (Phi) is 3.95. The van der Waals surface area contributed by atoms with Crippen LogP contribution in [0.3, 0.4) is 0 Å². The van der Waals surface area contributed by atoms with Crippen LogP contribution in [0.4, 0.5) is 5.13 Å². The highest BCUT2D eigenvalue weighted by atomic mass is 32.1. The van der Waals surface area contributed by atoms with Crippen molar-refractivity contribution in [3.63, 3.8) is 0 Å². The normalized spacial score (nSPS) is 21.8. The van der Waals surface area contributed by atoms with E-state index in [2.05, 4.69) is 35.5 Å². The molecule has 3 rings (SSSR count). The molecule has 1 fully saturated rings. The fourth-order valence-corrected chi connectivity index (χ4v) is 4.02. The third kappa shape index (κ3) is 2.80. The predicted octanol–water partition coefficient (Wildman–Crippen LogP) is 3.32. The molecule has 21 heavy (non-hydrogen) atoms. The largest absolute Gasteiger partial charge is 0.316 e. The van der Waals surface area contributed by atoms with Crippen molar-refractivity contribution in [3.05, 3.63) is 23.8 Å². The fourth-order valence-electron chi connectivity index (χ4n) is 3.06. The minimum absolute atomic E-state index is 0.116. The molecule has 2 aromatic rings. The van der Waals surface area contributed by atoms with Gasteiger partial charge in [0.05, 0.1) is 15.6 Å². The fraction of sp³-hybridized carbons (Fsp3) is 0.500. The summed E-state index contributed by atoms with van der Waals surface area (Å²) in [5, 5.41) is 7.08. The maximum absolute atomic E-state index is 12.7. The van der Waals surface area contributed by atoms with Crippen molar-refractivity contribution in [2.75, 3.05) is 18.4 Å². The van der Waals surface area contributed by atoms with E-state index in [9.17, 15) is 4.79 Å². The van der Waals surface area contributed by atoms with E-state index in [1.165, 1.54) is 5.56 Å². The summed E-state index contributed by atoms with van der Waals surface area (Å²) in [6.07, 6.45) is 2.86. The number of nitrogens with zero attached hydrogens (tertiary/aromatic N) is 1. The second-order valence-corrected chi connectivity index (χ2v) is 6.93. The number of benzene rings is 1. The van der Waals surface area contributed by atoms with E-state index in [-0.39, 0.29) is 11.3 Å². The lowest BCUT2D eigenvalue weighted by molar-refractivity contribution is -0.125. The van der Waals surface area contributed by atoms with Crippen LogP contribution in [0, 0.1) is 12.3 Å². The van der Waals surface area contributed by atoms with Gasteiger partial charge in [0.25, 0.3) is 0 Å². The second kappa shape index (κ2) is 5.73. The van der Waals surface area contributed by atoms with Crippen LogP contribution in [-0.4, -0.2) is 24.0 Å². The van der Waals surface area contributed by atoms with E-state index < -0.39 is 0 Å². The minimum atomic E-state index is -0.261. The Balaban J connectivity index is 1.82. The van der Waals surface area contributed by atoms with Crippen LogP contribution < -0.4 is 10.6 Å². The first kappa shape index (κ1) is 14.5. The van der Waals surface area contributed by atoms with Gasteiger partial charge >= 0.3 is 0 Å². The number of nitrogens with one attached hydrogen (secondary N) is 2. The quantitative estimate of drug-likeness (QED) is 0.911. The van der Waals surface area contributed by atoms with Gasteiger partial charge in [-0.05, 0) is 44.0 Å². The molecule has 0 bridgehead atoms. The summed E-state index contributed by atoms with van der Waals surface area (Å²) in [6.45, 7) is 5.90. The molecule has 0 radical (unpaired) electrons. The second-order valence-electron chi connectivity index (χ2n) is 5.90. The van der Waals surface area contributed by atoms with E-state index in [4.69, 9.17) is 0 Å². The molecule has 1 atom stereocenters. The molecule has 0 spiro atoms. The molecule has 1 amide bonds. The number of thiazole rings is 1. The zero-order valence-corrected chi connectivity index (χ0v) is 13.3. The summed E-state index contributed by atoms with van der Waals surface area (Å²) in [5.41, 5.74) is 1.91. The van der Waals surface area contributed by atoms with Crippen LogP contribution in [0.1, 0.15) is 31.7 Å². The first-order valence-corrected chi connectivity index (χ1v) is 8.34. The molecular weight excluding hydrogens is 282 g/mol. The Morgan fingerprint density at radius 2 is 2.38 bits per heavy atom. The number of aromatic nitrogens is 1. The zero-order valence-electron chi connectivity index (χ0n) is 12.5. The van der Waals surface area contributed by atoms with E-state index in [0.717, 1.165) is 42.6 Å². The van der Waals surface area contributed by atoms with E-state index in [1.807, 2.05) is 12.1 Å². The molecule has 2 N–H and O–H groups in total. The lowest BCUT2D eigenvalue weighted by atomic mass is 9.81. The number of hydrogen-bond donors (Lipinski definition) is 2. The molecule has 112 valence electrons. The average molecular weight is 303 g/mol. The molecule has 5 heteroatoms. The number of anilines is 1. The SMILES string of the molecule is CCCC1(C(=O)Nc2nc3ccc(C)cc3s2)CCNC1. The van der Waals surface area contributed by atoms with Gasteiger partial charge in [-0.1, -0.05) is 30.7 Å². The maximum Gasteiger partial charge on any atom is 0.233 e. The van der Waals surface area contributed by atoms with Gasteiger partial charge in [0.1, 0.15) is 0 Å². The van der Waals surface area contributed by atoms with Crippen LogP contribution in [0.2, 0.25) is 0 Å². The van der Waals surface area contributed by atoms with Crippen molar-refractivity contribution < 1.29 is 4.79 Å². The highest BCUT2D eigenvalue weighted by molar-refractivity contribution is 7.22. The molecule has 1 aromatic carbocycles. The number of aryl methyl sites for hydroxylation is 1. The highest BCUT2D eigenvalue weighted by Crippen LogP contribution is 2.34. The first-order chi connectivity index (χ1) is 10.1. The first-order valence-electron chi connectivity index (χ1n) is 7.52. The summed E-state index contributed by atoms with van der Waals surface area (Å²) in [6, 6.07) is 6.17. The topological polar surface area (TPSA) is 54.0 Å². The molecular formula is C16H21N3OS. The monoisotopic (exact) mass is 303 g/mol. The van der Waals surface area contributed by atoms with E-state index in [0.29, 0.717) is 5.13 Å². The number of carbonyl (C=O) groups is 1. The zero-order chi connectivity index (χ0) is 14.9. The molecule has 1 aliphatic rings. The Labute approximate surface area is 129 Å². The number of rotatable bonds is 4. The summed E-state index contributed by atoms with van der Waals surface area (Å²) in [4.78, 5) is 17.2. The smallest absolute Gasteiger partial charge is 0.233 e. The van der Waals surface area contributed by atoms with Gasteiger partial charge in [-0.3, -0.25) is 4.79 Å². The van der Waals surface area contributed by atoms with Crippen LogP contribution >= 0.6 is 11.3 Å². The van der Waals surface area contributed by atoms with Crippen LogP contribution in [0.25, 0.3) is 10.2 Å². The Morgan fingerprint density at radius 1 is 1.52 bits per heavy atom. The van der Waals surface area contributed by atoms with Crippen LogP contribution in [-0.2, 0) is 4.79 Å². The lowest BCUT2D eigenvalue weighted by Gasteiger charge is -2.25. The molecule has 4 nitrogen and oxygen atoms in total. The predicted molar refractivity (Wildman–Crippen MR) is 87.8 cm³/mol. The third-order valence-electron chi connectivity index (χ3n) is 4.22. The van der Waals surface area contributed by atoms with Gasteiger partial charge in [-0.2, -0.15) is 0 Å². The van der Waals surface area contributed by atoms with Crippen molar-refractivity contribution in [1.82, 2.24) is 10.3 Å². The average Bonchev–Trinajstić information content (AvgIpc) is 3.06. The number of amides is 1. The lowest BCUT2D eigenvalue weighted by Crippen LogP contribution is -2.38. The number of carbonyl (C=O) groups excluding carboxylic acids is 1. The van der Waals surface area contributed by atoms with Crippen molar-refractivity contribution >= 4 is 32.6 Å². The van der Waals surface area contributed by atoms with Gasteiger partial charge in [0, 0.05) is 6.54 Å². The number of hydrogen-bond acceptors (Lipinski definition) is 4. The highest BCUT2D eigenvalue weighted by Gasteiger charge is 2.40. The van der Waals surface area contributed by atoms with Crippen LogP contribution in [0.15, 0.2) is 18.2 Å². The summed E-state index contributed by atoms with van der Waals surface area (Å²) in [5.74, 6) is 0.116. The molecule has 1 saturated heterocycles. The van der Waals surface area contributed by atoms with Gasteiger partial charge in [0.2, 0.25) is 5.91 Å². The van der Waals surface area contributed by atoms with E-state index >= 15 is 0 Å². The van der Waals surface area contributed by atoms with Gasteiger partial charge in [-0.25, -0.2) is 4.98 Å². The molecule has 1 aromatic heterocycles. The summed E-state index contributed by atoms with van der Waals surface area (Å²) >= 11 is 1.55. The van der Waals surface area contributed by atoms with Crippen molar-refractivity contribution in [1.29, 1.82) is 0 Å². The molecule has 0 aliphatic carbocycles. The van der Waals surface area contributed by atoms with Crippen molar-refractivity contribution in [3.8, 4) is 0 Å². The third-order valence-corrected chi connectivity index (χ3v) is 5.15. The minimum Gasteiger partial charge on any atom is -0.316 e. The van der Waals surface area contributed by atoms with Crippen molar-refractivity contribution in [2.24, 2.45) is 5.41 Å². The van der Waals surface area contributed by atoms with Gasteiger partial charge in [-0.15, -0.1) is 0 Å². The standard InChI is InChI=1S/C16H21N3OS/c1-3-6-16(7-8-17-10-16)14(20)19-15-18-12-5-4-11(2)9-13(12)21-15/h4-5,9,17H,3,6-8,10H2,1-2H3,(H,18,19,20). The van der Waals surface area contributed by atoms with Crippen molar-refractivity contribution in [2.45, 2.75) is 33.1 Å². The summed E-state index contributed by atoms with van der Waals surface area (Å²) < 4.78 is 1.12. The van der Waals surface area contributed by atoms with E-state index in [1.54, 1.807) is 11.3 Å². The Morgan fingerprint density at radius 3 is 3.10 bits per heavy atom.